The van der Waals surface area contributed by atoms with E-state index in [0.29, 0.717) is 15.7 Å². The molecule has 106 valence electrons. The number of aromatic nitrogens is 5. The topological polar surface area (TPSA) is 68.0 Å². The highest BCUT2D eigenvalue weighted by Crippen LogP contribution is 2.40. The van der Waals surface area contributed by atoms with Gasteiger partial charge in [0.2, 0.25) is 0 Å². The largest absolute Gasteiger partial charge is 0.362 e. The van der Waals surface area contributed by atoms with Gasteiger partial charge in [0.15, 0.2) is 5.65 Å². The summed E-state index contributed by atoms with van der Waals surface area (Å²) in [6.07, 6.45) is 1.85. The molecular weight excluding hydrogens is 311 g/mol. The molecule has 1 atom stereocenters. The lowest BCUT2D eigenvalue weighted by Gasteiger charge is -2.15. The van der Waals surface area contributed by atoms with E-state index in [4.69, 9.17) is 23.2 Å². The molecule has 1 aliphatic carbocycles. The summed E-state index contributed by atoms with van der Waals surface area (Å²) in [7, 11) is 0. The quantitative estimate of drug-likeness (QED) is 0.786. The van der Waals surface area contributed by atoms with Gasteiger partial charge in [0.1, 0.15) is 5.82 Å². The van der Waals surface area contributed by atoms with E-state index in [1.165, 1.54) is 10.2 Å². The average Bonchev–Trinajstić information content (AvgIpc) is 3.10. The Balaban J connectivity index is 1.66. The Morgan fingerprint density at radius 2 is 2.10 bits per heavy atom. The second-order valence-electron chi connectivity index (χ2n) is 4.91. The van der Waals surface area contributed by atoms with Crippen LogP contribution in [-0.4, -0.2) is 25.3 Å². The molecule has 8 heteroatoms. The summed E-state index contributed by atoms with van der Waals surface area (Å²) in [6.45, 7) is 0. The van der Waals surface area contributed by atoms with E-state index in [1.807, 2.05) is 24.3 Å². The summed E-state index contributed by atoms with van der Waals surface area (Å²) in [6, 6.07) is 7.70. The zero-order chi connectivity index (χ0) is 14.4. The van der Waals surface area contributed by atoms with Crippen LogP contribution < -0.4 is 5.32 Å². The van der Waals surface area contributed by atoms with Gasteiger partial charge in [-0.3, -0.25) is 0 Å². The fraction of sp³-hybridized carbons (Fsp3) is 0.231. The van der Waals surface area contributed by atoms with Crippen molar-refractivity contribution in [3.8, 4) is 0 Å². The van der Waals surface area contributed by atoms with Crippen molar-refractivity contribution < 1.29 is 0 Å². The van der Waals surface area contributed by atoms with Gasteiger partial charge in [-0.15, -0.1) is 14.8 Å². The van der Waals surface area contributed by atoms with Crippen LogP contribution >= 0.6 is 23.2 Å². The van der Waals surface area contributed by atoms with Gasteiger partial charge in [-0.1, -0.05) is 29.3 Å². The maximum atomic E-state index is 6.26. The van der Waals surface area contributed by atoms with Crippen molar-refractivity contribution in [3.05, 3.63) is 45.4 Å². The Hall–Kier alpha value is -1.92. The Bertz CT molecular complexity index is 831. The van der Waals surface area contributed by atoms with Gasteiger partial charge in [-0.2, -0.15) is 0 Å². The third-order valence-corrected chi connectivity index (χ3v) is 4.53. The summed E-state index contributed by atoms with van der Waals surface area (Å²) in [4.78, 5) is 0. The highest BCUT2D eigenvalue weighted by atomic mass is 35.5. The van der Waals surface area contributed by atoms with Crippen molar-refractivity contribution in [2.45, 2.75) is 18.9 Å². The Kier molecular flexibility index (Phi) is 2.94. The van der Waals surface area contributed by atoms with Crippen molar-refractivity contribution in [2.75, 3.05) is 5.32 Å². The summed E-state index contributed by atoms with van der Waals surface area (Å²) < 4.78 is 1.40. The third kappa shape index (κ3) is 2.11. The molecule has 0 fully saturated rings. The number of anilines is 1. The lowest BCUT2D eigenvalue weighted by molar-refractivity contribution is 0.713. The number of nitrogens with zero attached hydrogens (tertiary/aromatic N) is 5. The molecule has 0 aliphatic heterocycles. The Labute approximate surface area is 130 Å². The summed E-state index contributed by atoms with van der Waals surface area (Å²) in [5.74, 6) is 0.721. The van der Waals surface area contributed by atoms with E-state index in [0.717, 1.165) is 24.2 Å². The molecule has 0 radical (unpaired) electrons. The molecule has 0 amide bonds. The van der Waals surface area contributed by atoms with E-state index in [9.17, 15) is 0 Å². The van der Waals surface area contributed by atoms with Crippen LogP contribution in [0.5, 0.6) is 0 Å². The second-order valence-corrected chi connectivity index (χ2v) is 5.70. The van der Waals surface area contributed by atoms with Crippen LogP contribution in [0.2, 0.25) is 10.0 Å². The highest BCUT2D eigenvalue weighted by Gasteiger charge is 2.25. The number of hydrogen-bond donors (Lipinski definition) is 1. The maximum Gasteiger partial charge on any atom is 0.200 e. The second kappa shape index (κ2) is 4.82. The van der Waals surface area contributed by atoms with Crippen LogP contribution in [0.3, 0.4) is 0 Å². The molecule has 0 saturated heterocycles. The average molecular weight is 321 g/mol. The van der Waals surface area contributed by atoms with Gasteiger partial charge >= 0.3 is 0 Å². The predicted molar refractivity (Wildman–Crippen MR) is 79.7 cm³/mol. The first-order chi connectivity index (χ1) is 10.2. The number of hydrogen-bond acceptors (Lipinski definition) is 5. The summed E-state index contributed by atoms with van der Waals surface area (Å²) >= 11 is 12.3. The fourth-order valence-electron chi connectivity index (χ4n) is 2.69. The minimum Gasteiger partial charge on any atom is -0.362 e. The number of nitrogens with one attached hydrogen (secondary N) is 1. The van der Waals surface area contributed by atoms with Crippen molar-refractivity contribution in [3.63, 3.8) is 0 Å². The molecule has 6 nitrogen and oxygen atoms in total. The molecular formula is C13H10Cl2N6. The van der Waals surface area contributed by atoms with Crippen LogP contribution in [0, 0.1) is 0 Å². The van der Waals surface area contributed by atoms with E-state index < -0.39 is 0 Å². The third-order valence-electron chi connectivity index (χ3n) is 3.68. The minimum absolute atomic E-state index is 0.163. The van der Waals surface area contributed by atoms with Crippen molar-refractivity contribution in [1.29, 1.82) is 0 Å². The standard InChI is InChI=1S/C13H10Cl2N6/c14-9-3-1-7-8(13(9)15)2-4-10(7)16-11-5-6-12-17-19-20-21(12)18-11/h1,3,5-6,10H,2,4H2,(H,16,18)/t10-/m1/s1. The first-order valence-electron chi connectivity index (χ1n) is 6.51. The fourth-order valence-corrected chi connectivity index (χ4v) is 3.13. The molecule has 0 bridgehead atoms. The van der Waals surface area contributed by atoms with Gasteiger partial charge in [-0.25, -0.2) is 0 Å². The van der Waals surface area contributed by atoms with Gasteiger partial charge in [-0.05, 0) is 52.6 Å². The minimum atomic E-state index is 0.163. The van der Waals surface area contributed by atoms with Crippen LogP contribution in [0.25, 0.3) is 5.65 Å². The number of tetrazole rings is 1. The molecule has 2 heterocycles. The van der Waals surface area contributed by atoms with Crippen molar-refractivity contribution in [2.24, 2.45) is 0 Å². The monoisotopic (exact) mass is 320 g/mol. The van der Waals surface area contributed by atoms with Crippen LogP contribution in [0.1, 0.15) is 23.6 Å². The summed E-state index contributed by atoms with van der Waals surface area (Å²) in [5.41, 5.74) is 2.90. The molecule has 1 N–H and O–H groups in total. The van der Waals surface area contributed by atoms with E-state index in [2.05, 4.69) is 25.9 Å². The molecule has 4 rings (SSSR count). The Morgan fingerprint density at radius 3 is 3.00 bits per heavy atom. The van der Waals surface area contributed by atoms with E-state index in [1.54, 1.807) is 0 Å². The van der Waals surface area contributed by atoms with E-state index in [-0.39, 0.29) is 6.04 Å². The zero-order valence-electron chi connectivity index (χ0n) is 10.8. The molecule has 1 aromatic carbocycles. The SMILES string of the molecule is Clc1ccc2c(c1Cl)CC[C@H]2Nc1ccc2nnnn2n1. The number of fused-ring (bicyclic) bond motifs is 2. The van der Waals surface area contributed by atoms with Gasteiger partial charge < -0.3 is 5.32 Å². The van der Waals surface area contributed by atoms with Crippen LogP contribution in [0.15, 0.2) is 24.3 Å². The summed E-state index contributed by atoms with van der Waals surface area (Å²) in [5, 5.41) is 20.2. The van der Waals surface area contributed by atoms with Crippen molar-refractivity contribution >= 4 is 34.7 Å². The molecule has 1 aliphatic rings. The van der Waals surface area contributed by atoms with Crippen molar-refractivity contribution in [1.82, 2.24) is 25.3 Å². The normalized spacial score (nSPS) is 17.1. The number of rotatable bonds is 2. The van der Waals surface area contributed by atoms with Gasteiger partial charge in [0.05, 0.1) is 16.1 Å². The molecule has 0 saturated carbocycles. The first kappa shape index (κ1) is 12.8. The first-order valence-corrected chi connectivity index (χ1v) is 7.27. The van der Waals surface area contributed by atoms with Crippen LogP contribution in [-0.2, 0) is 6.42 Å². The predicted octanol–water partition coefficient (Wildman–Crippen LogP) is 2.93. The Morgan fingerprint density at radius 1 is 1.19 bits per heavy atom. The molecule has 21 heavy (non-hydrogen) atoms. The van der Waals surface area contributed by atoms with E-state index >= 15 is 0 Å². The number of halogens is 2. The lowest BCUT2D eigenvalue weighted by atomic mass is 10.1. The molecule has 2 aromatic heterocycles. The molecule has 3 aromatic rings. The number of benzene rings is 1. The smallest absolute Gasteiger partial charge is 0.200 e. The van der Waals surface area contributed by atoms with Gasteiger partial charge in [0, 0.05) is 0 Å². The van der Waals surface area contributed by atoms with Crippen LogP contribution in [0.4, 0.5) is 5.82 Å². The highest BCUT2D eigenvalue weighted by molar-refractivity contribution is 6.42. The maximum absolute atomic E-state index is 6.26. The molecule has 0 spiro atoms. The molecule has 0 unspecified atom stereocenters. The lowest BCUT2D eigenvalue weighted by Crippen LogP contribution is -2.10. The zero-order valence-corrected chi connectivity index (χ0v) is 12.3. The van der Waals surface area contributed by atoms with Gasteiger partial charge in [0.25, 0.3) is 0 Å².